The van der Waals surface area contributed by atoms with Crippen molar-refractivity contribution >= 4 is 23.4 Å². The van der Waals surface area contributed by atoms with Gasteiger partial charge in [0.05, 0.1) is 22.6 Å². The summed E-state index contributed by atoms with van der Waals surface area (Å²) in [5.74, 6) is 0.970. The van der Waals surface area contributed by atoms with Gasteiger partial charge in [-0.15, -0.1) is 11.6 Å². The second kappa shape index (κ2) is 12.1. The number of nitrogens with one attached hydrogen (secondary N) is 1. The Hall–Kier alpha value is -2.18. The number of hydrogen-bond acceptors (Lipinski definition) is 5. The maximum absolute atomic E-state index is 11.2. The van der Waals surface area contributed by atoms with Gasteiger partial charge in [-0.25, -0.2) is 0 Å². The molecule has 0 spiro atoms. The zero-order valence-corrected chi connectivity index (χ0v) is 24.8. The summed E-state index contributed by atoms with van der Waals surface area (Å²) in [7, 11) is 0. The van der Waals surface area contributed by atoms with Gasteiger partial charge < -0.3 is 20.3 Å². The minimum Gasteiger partial charge on any atom is -0.491 e. The molecule has 0 saturated carbocycles. The minimum atomic E-state index is -0.937. The Balaban J connectivity index is 1.48. The molecule has 1 aliphatic carbocycles. The number of benzene rings is 1. The smallest absolute Gasteiger partial charge is 0.126 e. The summed E-state index contributed by atoms with van der Waals surface area (Å²) >= 11 is 6.29. The Morgan fingerprint density at radius 3 is 2.62 bits per heavy atom. The summed E-state index contributed by atoms with van der Waals surface area (Å²) in [6, 6.07) is 6.02. The Bertz CT molecular complexity index is 1170. The number of ether oxygens (including phenoxy) is 1. The molecule has 5 nitrogen and oxygen atoms in total. The van der Waals surface area contributed by atoms with Crippen LogP contribution in [0.2, 0.25) is 0 Å². The molecule has 0 bridgehead atoms. The molecule has 0 fully saturated rings. The van der Waals surface area contributed by atoms with E-state index in [-0.39, 0.29) is 22.8 Å². The van der Waals surface area contributed by atoms with Gasteiger partial charge in [-0.05, 0) is 101 Å². The molecule has 39 heavy (non-hydrogen) atoms. The minimum absolute atomic E-state index is 0.0274. The van der Waals surface area contributed by atoms with E-state index in [1.54, 1.807) is 0 Å². The van der Waals surface area contributed by atoms with E-state index in [4.69, 9.17) is 21.3 Å². The lowest BCUT2D eigenvalue weighted by Crippen LogP contribution is -2.46. The number of rotatable bonds is 10. The van der Waals surface area contributed by atoms with Crippen molar-refractivity contribution in [1.29, 1.82) is 0 Å². The van der Waals surface area contributed by atoms with Crippen LogP contribution in [0.4, 0.5) is 0 Å². The fourth-order valence-corrected chi connectivity index (χ4v) is 6.36. The van der Waals surface area contributed by atoms with E-state index in [9.17, 15) is 10.2 Å². The van der Waals surface area contributed by atoms with Gasteiger partial charge in [0.25, 0.3) is 0 Å². The van der Waals surface area contributed by atoms with E-state index in [1.807, 2.05) is 58.2 Å². The lowest BCUT2D eigenvalue weighted by Gasteiger charge is -2.45. The topological polar surface area (TPSA) is 74.1 Å². The zero-order valence-electron chi connectivity index (χ0n) is 24.1. The SMILES string of the molecule is CCC(CCNCC/C=C1/c2cc(C(C)(C)O)ccc2OC[C@H]2N=CC=CC12)(C1=CCC(Cl)C=C1)C(C)(C)O. The van der Waals surface area contributed by atoms with Crippen LogP contribution < -0.4 is 10.1 Å². The van der Waals surface area contributed by atoms with Crippen molar-refractivity contribution < 1.29 is 14.9 Å². The standard InChI is InChI=1S/C33H45ClN2O3/c1-6-33(32(4,5)38,23-11-14-25(34)15-12-23)17-20-35-18-7-9-26-27-10-8-19-36-29(27)22-39-30-16-13-24(21-28(26)30)31(2,3)37/h8-14,16,19,21,25,27,29,35,37-38H,6-7,15,17-18,20,22H2,1-5H3/b26-9+/t25?,27?,29-,33?/m1/s1. The average Bonchev–Trinajstić information content (AvgIpc) is 3.04. The molecule has 1 aromatic rings. The highest BCUT2D eigenvalue weighted by molar-refractivity contribution is 6.22. The Morgan fingerprint density at radius 1 is 1.15 bits per heavy atom. The van der Waals surface area contributed by atoms with Crippen molar-refractivity contribution in [2.24, 2.45) is 16.3 Å². The van der Waals surface area contributed by atoms with Gasteiger partial charge in [0.2, 0.25) is 0 Å². The number of halogens is 1. The third kappa shape index (κ3) is 6.59. The highest BCUT2D eigenvalue weighted by Gasteiger charge is 2.44. The maximum Gasteiger partial charge on any atom is 0.126 e. The summed E-state index contributed by atoms with van der Waals surface area (Å²) in [5.41, 5.74) is 2.15. The quantitative estimate of drug-likeness (QED) is 0.234. The first-order valence-electron chi connectivity index (χ1n) is 14.3. The summed E-state index contributed by atoms with van der Waals surface area (Å²) in [6.07, 6.45) is 18.1. The lowest BCUT2D eigenvalue weighted by molar-refractivity contribution is -0.0391. The molecule has 0 saturated heterocycles. The molecule has 3 N–H and O–H groups in total. The molecule has 2 heterocycles. The van der Waals surface area contributed by atoms with Gasteiger partial charge in [0.1, 0.15) is 12.4 Å². The molecule has 0 aromatic heterocycles. The molecule has 4 rings (SSSR count). The van der Waals surface area contributed by atoms with Crippen molar-refractivity contribution in [3.8, 4) is 5.75 Å². The Kier molecular flexibility index (Phi) is 9.27. The van der Waals surface area contributed by atoms with E-state index in [0.29, 0.717) is 6.61 Å². The number of alkyl halides is 1. The first-order chi connectivity index (χ1) is 18.5. The molecule has 3 aliphatic rings. The van der Waals surface area contributed by atoms with Crippen LogP contribution in [-0.4, -0.2) is 53.1 Å². The van der Waals surface area contributed by atoms with E-state index in [1.165, 1.54) is 11.1 Å². The number of dihydropyridines is 1. The summed E-state index contributed by atoms with van der Waals surface area (Å²) in [5, 5.41) is 25.6. The molecule has 4 atom stereocenters. The van der Waals surface area contributed by atoms with Gasteiger partial charge in [-0.2, -0.15) is 0 Å². The van der Waals surface area contributed by atoms with Gasteiger partial charge >= 0.3 is 0 Å². The van der Waals surface area contributed by atoms with Crippen molar-refractivity contribution in [2.45, 2.75) is 82.9 Å². The van der Waals surface area contributed by atoms with Crippen LogP contribution in [-0.2, 0) is 5.60 Å². The Labute approximate surface area is 239 Å². The van der Waals surface area contributed by atoms with Crippen LogP contribution in [0.15, 0.2) is 65.2 Å². The molecule has 6 heteroatoms. The Morgan fingerprint density at radius 2 is 1.95 bits per heavy atom. The van der Waals surface area contributed by atoms with E-state index in [2.05, 4.69) is 42.6 Å². The van der Waals surface area contributed by atoms with Crippen molar-refractivity contribution in [2.75, 3.05) is 19.7 Å². The predicted octanol–water partition coefficient (Wildman–Crippen LogP) is 6.35. The van der Waals surface area contributed by atoms with Crippen LogP contribution >= 0.6 is 11.6 Å². The van der Waals surface area contributed by atoms with Gasteiger partial charge in [0.15, 0.2) is 0 Å². The molecule has 3 unspecified atom stereocenters. The number of hydrogen-bond donors (Lipinski definition) is 3. The number of aliphatic hydroxyl groups is 2. The van der Waals surface area contributed by atoms with Gasteiger partial charge in [-0.3, -0.25) is 4.99 Å². The largest absolute Gasteiger partial charge is 0.491 e. The lowest BCUT2D eigenvalue weighted by atomic mass is 9.63. The predicted molar refractivity (Wildman–Crippen MR) is 163 cm³/mol. The number of allylic oxidation sites excluding steroid dienone is 4. The van der Waals surface area contributed by atoms with Crippen LogP contribution in [0.1, 0.15) is 71.4 Å². The van der Waals surface area contributed by atoms with Gasteiger partial charge in [0, 0.05) is 23.1 Å². The maximum atomic E-state index is 11.2. The first kappa shape index (κ1) is 29.8. The monoisotopic (exact) mass is 552 g/mol. The van der Waals surface area contributed by atoms with Crippen LogP contribution in [0.3, 0.4) is 0 Å². The van der Waals surface area contributed by atoms with Crippen LogP contribution in [0.5, 0.6) is 5.75 Å². The molecule has 2 aliphatic heterocycles. The first-order valence-corrected chi connectivity index (χ1v) is 14.8. The third-order valence-electron chi connectivity index (χ3n) is 8.65. The highest BCUT2D eigenvalue weighted by atomic mass is 35.5. The number of aliphatic imine (C=N–C) groups is 1. The van der Waals surface area contributed by atoms with E-state index < -0.39 is 11.2 Å². The second-order valence-electron chi connectivity index (χ2n) is 12.1. The zero-order chi connectivity index (χ0) is 28.3. The number of nitrogens with zero attached hydrogens (tertiary/aromatic N) is 1. The van der Waals surface area contributed by atoms with Crippen LogP contribution in [0, 0.1) is 11.3 Å². The summed E-state index contributed by atoms with van der Waals surface area (Å²) < 4.78 is 6.18. The molecular weight excluding hydrogens is 508 g/mol. The van der Waals surface area contributed by atoms with Crippen molar-refractivity contribution in [3.05, 3.63) is 71.4 Å². The third-order valence-corrected chi connectivity index (χ3v) is 8.97. The van der Waals surface area contributed by atoms with Crippen molar-refractivity contribution in [1.82, 2.24) is 5.32 Å². The van der Waals surface area contributed by atoms with Gasteiger partial charge in [-0.1, -0.05) is 43.4 Å². The molecule has 0 amide bonds. The summed E-state index contributed by atoms with van der Waals surface area (Å²) in [6.45, 7) is 11.8. The fraction of sp³-hybridized carbons (Fsp3) is 0.545. The summed E-state index contributed by atoms with van der Waals surface area (Å²) in [4.78, 5) is 4.70. The van der Waals surface area contributed by atoms with Crippen molar-refractivity contribution in [3.63, 3.8) is 0 Å². The molecule has 0 radical (unpaired) electrons. The van der Waals surface area contributed by atoms with E-state index >= 15 is 0 Å². The molecule has 212 valence electrons. The number of fused-ring (bicyclic) bond motifs is 2. The molecule has 1 aromatic carbocycles. The fourth-order valence-electron chi connectivity index (χ4n) is 6.19. The second-order valence-corrected chi connectivity index (χ2v) is 12.6. The normalized spacial score (nSPS) is 25.4. The van der Waals surface area contributed by atoms with Crippen LogP contribution in [0.25, 0.3) is 5.57 Å². The molecular formula is C33H45ClN2O3. The highest BCUT2D eigenvalue weighted by Crippen LogP contribution is 2.47. The average molecular weight is 553 g/mol. The van der Waals surface area contributed by atoms with E-state index in [0.717, 1.165) is 55.6 Å².